The first-order valence-electron chi connectivity index (χ1n) is 7.87. The Labute approximate surface area is 128 Å². The van der Waals surface area contributed by atoms with E-state index in [9.17, 15) is 0 Å². The van der Waals surface area contributed by atoms with E-state index in [2.05, 4.69) is 30.9 Å². The maximum Gasteiger partial charge on any atom is 0.120 e. The maximum atomic E-state index is 5.93. The van der Waals surface area contributed by atoms with Crippen molar-refractivity contribution in [3.05, 3.63) is 29.8 Å². The average molecular weight is 292 g/mol. The number of ether oxygens (including phenoxy) is 2. The predicted molar refractivity (Wildman–Crippen MR) is 85.6 cm³/mol. The lowest BCUT2D eigenvalue weighted by Crippen LogP contribution is -2.50. The molecule has 0 aromatic heterocycles. The average Bonchev–Trinajstić information content (AvgIpc) is 2.45. The number of morpholine rings is 1. The summed E-state index contributed by atoms with van der Waals surface area (Å²) in [5.41, 5.74) is 7.15. The number of nitrogens with two attached hydrogens (primary N) is 1. The molecule has 0 aliphatic carbocycles. The van der Waals surface area contributed by atoms with Crippen LogP contribution in [0, 0.1) is 0 Å². The Morgan fingerprint density at radius 3 is 2.71 bits per heavy atom. The van der Waals surface area contributed by atoms with Crippen LogP contribution in [0.1, 0.15) is 39.3 Å². The lowest BCUT2D eigenvalue weighted by atomic mass is 9.96. The van der Waals surface area contributed by atoms with Crippen molar-refractivity contribution in [1.82, 2.24) is 4.90 Å². The summed E-state index contributed by atoms with van der Waals surface area (Å²) < 4.78 is 11.7. The Balaban J connectivity index is 2.30. The van der Waals surface area contributed by atoms with E-state index < -0.39 is 0 Å². The highest BCUT2D eigenvalue weighted by Crippen LogP contribution is 2.32. The third kappa shape index (κ3) is 3.96. The Morgan fingerprint density at radius 1 is 1.33 bits per heavy atom. The summed E-state index contributed by atoms with van der Waals surface area (Å²) >= 11 is 0. The van der Waals surface area contributed by atoms with E-state index in [4.69, 9.17) is 15.2 Å². The van der Waals surface area contributed by atoms with Crippen LogP contribution >= 0.6 is 0 Å². The molecule has 0 radical (unpaired) electrons. The van der Waals surface area contributed by atoms with Gasteiger partial charge in [-0.15, -0.1) is 0 Å². The maximum absolute atomic E-state index is 5.93. The second-order valence-electron chi connectivity index (χ2n) is 6.16. The molecule has 2 rings (SSSR count). The van der Waals surface area contributed by atoms with Gasteiger partial charge < -0.3 is 15.2 Å². The van der Waals surface area contributed by atoms with E-state index >= 15 is 0 Å². The molecule has 1 aromatic rings. The molecule has 4 heteroatoms. The van der Waals surface area contributed by atoms with Crippen molar-refractivity contribution >= 4 is 0 Å². The third-order valence-corrected chi connectivity index (χ3v) is 3.86. The lowest BCUT2D eigenvalue weighted by molar-refractivity contribution is -0.0789. The normalized spacial score (nSPS) is 23.8. The van der Waals surface area contributed by atoms with Crippen molar-refractivity contribution < 1.29 is 9.47 Å². The zero-order valence-electron chi connectivity index (χ0n) is 13.6. The molecule has 0 bridgehead atoms. The Bertz CT molecular complexity index is 448. The summed E-state index contributed by atoms with van der Waals surface area (Å²) in [5.74, 6) is 0.910. The highest BCUT2D eigenvalue weighted by Gasteiger charge is 2.34. The van der Waals surface area contributed by atoms with Crippen molar-refractivity contribution in [3.63, 3.8) is 0 Å². The van der Waals surface area contributed by atoms with Gasteiger partial charge in [0.25, 0.3) is 0 Å². The molecule has 118 valence electrons. The Morgan fingerprint density at radius 2 is 2.10 bits per heavy atom. The molecule has 4 nitrogen and oxygen atoms in total. The fraction of sp³-hybridized carbons (Fsp3) is 0.647. The first-order chi connectivity index (χ1) is 10.0. The zero-order chi connectivity index (χ0) is 15.4. The van der Waals surface area contributed by atoms with Gasteiger partial charge in [0.2, 0.25) is 0 Å². The van der Waals surface area contributed by atoms with Gasteiger partial charge in [0.1, 0.15) is 5.75 Å². The van der Waals surface area contributed by atoms with Gasteiger partial charge in [-0.3, -0.25) is 4.90 Å². The van der Waals surface area contributed by atoms with Crippen molar-refractivity contribution in [3.8, 4) is 5.75 Å². The molecular formula is C17H28N2O2. The zero-order valence-corrected chi connectivity index (χ0v) is 13.6. The minimum Gasteiger partial charge on any atom is -0.491 e. The summed E-state index contributed by atoms with van der Waals surface area (Å²) in [5, 5.41) is 0. The van der Waals surface area contributed by atoms with Crippen molar-refractivity contribution in [2.45, 2.75) is 52.0 Å². The molecule has 0 amide bonds. The van der Waals surface area contributed by atoms with Gasteiger partial charge in [-0.1, -0.05) is 12.1 Å². The molecule has 2 N–H and O–H groups in total. The molecule has 1 aliphatic heterocycles. The highest BCUT2D eigenvalue weighted by molar-refractivity contribution is 5.32. The van der Waals surface area contributed by atoms with Gasteiger partial charge >= 0.3 is 0 Å². The van der Waals surface area contributed by atoms with Crippen LogP contribution in [0.5, 0.6) is 5.75 Å². The number of nitrogens with zero attached hydrogens (tertiary/aromatic N) is 1. The summed E-state index contributed by atoms with van der Waals surface area (Å²) in [6.07, 6.45) is 0.213. The van der Waals surface area contributed by atoms with E-state index in [1.807, 2.05) is 26.0 Å². The van der Waals surface area contributed by atoms with Crippen LogP contribution in [0.15, 0.2) is 24.3 Å². The molecule has 1 heterocycles. The number of hydrogen-bond acceptors (Lipinski definition) is 4. The third-order valence-electron chi connectivity index (χ3n) is 3.86. The first kappa shape index (κ1) is 16.3. The molecule has 2 unspecified atom stereocenters. The van der Waals surface area contributed by atoms with Gasteiger partial charge in [0.05, 0.1) is 24.9 Å². The molecule has 0 saturated carbocycles. The second kappa shape index (κ2) is 7.25. The topological polar surface area (TPSA) is 47.7 Å². The minimum absolute atomic E-state index is 0.0375. The second-order valence-corrected chi connectivity index (χ2v) is 6.16. The largest absolute Gasteiger partial charge is 0.491 e. The van der Waals surface area contributed by atoms with E-state index in [1.165, 1.54) is 5.56 Å². The van der Waals surface area contributed by atoms with E-state index in [-0.39, 0.29) is 18.2 Å². The van der Waals surface area contributed by atoms with Crippen LogP contribution in [0.25, 0.3) is 0 Å². The Hall–Kier alpha value is -1.10. The van der Waals surface area contributed by atoms with Crippen LogP contribution < -0.4 is 10.5 Å². The molecule has 1 fully saturated rings. The highest BCUT2D eigenvalue weighted by atomic mass is 16.5. The smallest absolute Gasteiger partial charge is 0.120 e. The number of benzene rings is 1. The predicted octanol–water partition coefficient (Wildman–Crippen LogP) is 2.58. The minimum atomic E-state index is 0.0375. The van der Waals surface area contributed by atoms with Gasteiger partial charge in [-0.2, -0.15) is 0 Å². The van der Waals surface area contributed by atoms with Gasteiger partial charge in [0.15, 0.2) is 0 Å². The summed E-state index contributed by atoms with van der Waals surface area (Å²) in [6, 6.07) is 8.97. The lowest BCUT2D eigenvalue weighted by Gasteiger charge is -2.43. The SMILES string of the molecule is CC(C)Oc1cccc(C2C(CN)OCCN2C(C)C)c1. The summed E-state index contributed by atoms with van der Waals surface area (Å²) in [6.45, 7) is 10.7. The van der Waals surface area contributed by atoms with E-state index in [1.54, 1.807) is 0 Å². The van der Waals surface area contributed by atoms with Crippen LogP contribution in [-0.2, 0) is 4.74 Å². The molecule has 0 spiro atoms. The fourth-order valence-electron chi connectivity index (χ4n) is 2.98. The standard InChI is InChI=1S/C17H28N2O2/c1-12(2)19-8-9-20-16(11-18)17(19)14-6-5-7-15(10-14)21-13(3)4/h5-7,10,12-13,16-17H,8-9,11,18H2,1-4H3. The van der Waals surface area contributed by atoms with Crippen molar-refractivity contribution in [1.29, 1.82) is 0 Å². The number of hydrogen-bond donors (Lipinski definition) is 1. The van der Waals surface area contributed by atoms with Crippen LogP contribution in [0.3, 0.4) is 0 Å². The van der Waals surface area contributed by atoms with E-state index in [0.717, 1.165) is 18.9 Å². The van der Waals surface area contributed by atoms with Gasteiger partial charge in [0, 0.05) is 19.1 Å². The number of rotatable bonds is 5. The van der Waals surface area contributed by atoms with Crippen molar-refractivity contribution in [2.75, 3.05) is 19.7 Å². The molecule has 1 saturated heterocycles. The van der Waals surface area contributed by atoms with Crippen molar-refractivity contribution in [2.24, 2.45) is 5.73 Å². The molecular weight excluding hydrogens is 264 g/mol. The Kier molecular flexibility index (Phi) is 5.62. The summed E-state index contributed by atoms with van der Waals surface area (Å²) in [7, 11) is 0. The van der Waals surface area contributed by atoms with Gasteiger partial charge in [-0.25, -0.2) is 0 Å². The van der Waals surface area contributed by atoms with E-state index in [0.29, 0.717) is 12.6 Å². The molecule has 1 aliphatic rings. The molecule has 21 heavy (non-hydrogen) atoms. The fourth-order valence-corrected chi connectivity index (χ4v) is 2.98. The molecule has 1 aromatic carbocycles. The van der Waals surface area contributed by atoms with Gasteiger partial charge in [-0.05, 0) is 45.4 Å². The first-order valence-corrected chi connectivity index (χ1v) is 7.87. The summed E-state index contributed by atoms with van der Waals surface area (Å²) in [4.78, 5) is 2.47. The monoisotopic (exact) mass is 292 g/mol. The van der Waals surface area contributed by atoms with Crippen LogP contribution in [0.4, 0.5) is 0 Å². The quantitative estimate of drug-likeness (QED) is 0.906. The van der Waals surface area contributed by atoms with Crippen LogP contribution in [-0.4, -0.2) is 42.8 Å². The van der Waals surface area contributed by atoms with Crippen LogP contribution in [0.2, 0.25) is 0 Å². The molecule has 2 atom stereocenters.